The molecular formula is C32H34FN3O4. The Morgan fingerprint density at radius 1 is 1.07 bits per heavy atom. The second-order valence-electron chi connectivity index (χ2n) is 11.7. The van der Waals surface area contributed by atoms with Gasteiger partial charge in [-0.1, -0.05) is 37.1 Å². The van der Waals surface area contributed by atoms with Crippen LogP contribution in [0.2, 0.25) is 0 Å². The lowest BCUT2D eigenvalue weighted by molar-refractivity contribution is -0.140. The average molecular weight is 544 g/mol. The van der Waals surface area contributed by atoms with E-state index in [1.807, 2.05) is 23.0 Å². The predicted molar refractivity (Wildman–Crippen MR) is 149 cm³/mol. The van der Waals surface area contributed by atoms with Crippen LogP contribution in [0.1, 0.15) is 79.0 Å². The Hall–Kier alpha value is -3.78. The molecule has 3 N–H and O–H groups in total. The molecule has 3 aromatic rings. The molecule has 0 saturated heterocycles. The van der Waals surface area contributed by atoms with Crippen molar-refractivity contribution in [2.75, 3.05) is 0 Å². The summed E-state index contributed by atoms with van der Waals surface area (Å²) in [6, 6.07) is 13.6. The third-order valence-corrected chi connectivity index (χ3v) is 9.33. The summed E-state index contributed by atoms with van der Waals surface area (Å²) < 4.78 is 15.4. The summed E-state index contributed by atoms with van der Waals surface area (Å²) in [4.78, 5) is 24.7. The van der Waals surface area contributed by atoms with Crippen LogP contribution in [0.25, 0.3) is 11.8 Å². The van der Waals surface area contributed by atoms with Crippen LogP contribution in [0.4, 0.5) is 4.39 Å². The molecule has 1 amide bonds. The van der Waals surface area contributed by atoms with Crippen LogP contribution in [-0.2, 0) is 17.6 Å². The molecular weight excluding hydrogens is 509 g/mol. The molecule has 2 aromatic carbocycles. The molecule has 7 nitrogen and oxygen atoms in total. The summed E-state index contributed by atoms with van der Waals surface area (Å²) in [5.41, 5.74) is 2.77. The number of aliphatic carboxylic acids is 1. The van der Waals surface area contributed by atoms with E-state index in [1.165, 1.54) is 17.7 Å². The molecule has 1 aromatic heterocycles. The van der Waals surface area contributed by atoms with Gasteiger partial charge >= 0.3 is 5.97 Å². The van der Waals surface area contributed by atoms with Gasteiger partial charge in [0.1, 0.15) is 11.4 Å². The van der Waals surface area contributed by atoms with E-state index in [2.05, 4.69) is 23.4 Å². The van der Waals surface area contributed by atoms with Gasteiger partial charge in [-0.25, -0.2) is 13.9 Å². The maximum absolute atomic E-state index is 13.5. The highest BCUT2D eigenvalue weighted by Gasteiger charge is 2.57. The first-order valence-electron chi connectivity index (χ1n) is 14.1. The molecule has 40 heavy (non-hydrogen) atoms. The molecule has 208 valence electrons. The normalized spacial score (nSPS) is 24.1. The van der Waals surface area contributed by atoms with Crippen molar-refractivity contribution in [2.24, 2.45) is 5.41 Å². The Morgan fingerprint density at radius 3 is 2.52 bits per heavy atom. The average Bonchev–Trinajstić information content (AvgIpc) is 3.54. The summed E-state index contributed by atoms with van der Waals surface area (Å²) >= 11 is 0. The number of halogens is 1. The Morgan fingerprint density at radius 2 is 1.82 bits per heavy atom. The van der Waals surface area contributed by atoms with Gasteiger partial charge in [-0.15, -0.1) is 0 Å². The van der Waals surface area contributed by atoms with E-state index in [0.29, 0.717) is 44.1 Å². The SMILES string of the molecule is CCCC12Cc3cnn(-c4ccc(F)cc4)c3C=C1CC[C@@]2(O)CCc1ccccc1C(=O)NC1(C(=O)O)CC1. The van der Waals surface area contributed by atoms with E-state index < -0.39 is 22.5 Å². The molecule has 8 heteroatoms. The lowest BCUT2D eigenvalue weighted by atomic mass is 9.62. The first kappa shape index (κ1) is 26.4. The van der Waals surface area contributed by atoms with Gasteiger partial charge in [0, 0.05) is 11.0 Å². The molecule has 1 heterocycles. The lowest BCUT2D eigenvalue weighted by Crippen LogP contribution is -2.47. The molecule has 0 aliphatic heterocycles. The van der Waals surface area contributed by atoms with Crippen molar-refractivity contribution in [1.29, 1.82) is 0 Å². The molecule has 0 spiro atoms. The van der Waals surface area contributed by atoms with E-state index in [4.69, 9.17) is 0 Å². The van der Waals surface area contributed by atoms with E-state index in [9.17, 15) is 24.2 Å². The highest BCUT2D eigenvalue weighted by atomic mass is 19.1. The van der Waals surface area contributed by atoms with Crippen LogP contribution < -0.4 is 5.32 Å². The first-order valence-corrected chi connectivity index (χ1v) is 14.1. The number of nitrogens with one attached hydrogen (secondary N) is 1. The van der Waals surface area contributed by atoms with Crippen LogP contribution in [-0.4, -0.2) is 43.0 Å². The number of fused-ring (bicyclic) bond motifs is 2. The summed E-state index contributed by atoms with van der Waals surface area (Å²) in [7, 11) is 0. The molecule has 3 aliphatic rings. The number of aliphatic hydroxyl groups is 1. The number of hydrogen-bond donors (Lipinski definition) is 3. The fourth-order valence-electron chi connectivity index (χ4n) is 6.94. The van der Waals surface area contributed by atoms with Crippen molar-refractivity contribution in [1.82, 2.24) is 15.1 Å². The topological polar surface area (TPSA) is 104 Å². The summed E-state index contributed by atoms with van der Waals surface area (Å²) in [6.07, 6.45) is 9.70. The maximum Gasteiger partial charge on any atom is 0.329 e. The van der Waals surface area contributed by atoms with E-state index in [-0.39, 0.29) is 11.7 Å². The number of aromatic nitrogens is 2. The number of carbonyl (C=O) groups is 2. The minimum absolute atomic E-state index is 0.293. The van der Waals surface area contributed by atoms with Crippen molar-refractivity contribution < 1.29 is 24.2 Å². The number of aryl methyl sites for hydroxylation is 1. The van der Waals surface area contributed by atoms with Gasteiger partial charge in [0.25, 0.3) is 5.91 Å². The largest absolute Gasteiger partial charge is 0.480 e. The lowest BCUT2D eigenvalue weighted by Gasteiger charge is -2.45. The second kappa shape index (κ2) is 9.70. The number of carbonyl (C=O) groups excluding carboxylic acids is 1. The molecule has 1 unspecified atom stereocenters. The minimum Gasteiger partial charge on any atom is -0.480 e. The Bertz CT molecular complexity index is 1510. The number of benzene rings is 2. The Balaban J connectivity index is 1.27. The summed E-state index contributed by atoms with van der Waals surface area (Å²) in [5.74, 6) is -1.67. The van der Waals surface area contributed by atoms with Crippen LogP contribution in [0.15, 0.2) is 60.3 Å². The smallest absolute Gasteiger partial charge is 0.329 e. The molecule has 2 saturated carbocycles. The minimum atomic E-state index is -1.16. The number of hydrogen-bond acceptors (Lipinski definition) is 4. The van der Waals surface area contributed by atoms with Crippen molar-refractivity contribution in [3.05, 3.63) is 88.5 Å². The van der Waals surface area contributed by atoms with E-state index in [0.717, 1.165) is 41.8 Å². The third-order valence-electron chi connectivity index (χ3n) is 9.33. The molecule has 0 radical (unpaired) electrons. The molecule has 0 bridgehead atoms. The Kier molecular flexibility index (Phi) is 6.41. The molecule has 2 atom stereocenters. The number of rotatable bonds is 9. The van der Waals surface area contributed by atoms with Gasteiger partial charge < -0.3 is 15.5 Å². The third kappa shape index (κ3) is 4.25. The predicted octanol–water partition coefficient (Wildman–Crippen LogP) is 5.24. The van der Waals surface area contributed by atoms with Crippen molar-refractivity contribution in [3.63, 3.8) is 0 Å². The number of nitrogens with zero attached hydrogens (tertiary/aromatic N) is 2. The zero-order valence-corrected chi connectivity index (χ0v) is 22.6. The second-order valence-corrected chi connectivity index (χ2v) is 11.7. The van der Waals surface area contributed by atoms with Gasteiger partial charge in [0.15, 0.2) is 0 Å². The van der Waals surface area contributed by atoms with Crippen molar-refractivity contribution >= 4 is 18.0 Å². The first-order chi connectivity index (χ1) is 19.2. The summed E-state index contributed by atoms with van der Waals surface area (Å²) in [6.45, 7) is 2.14. The van der Waals surface area contributed by atoms with Gasteiger partial charge in [-0.3, -0.25) is 4.79 Å². The van der Waals surface area contributed by atoms with Gasteiger partial charge in [-0.2, -0.15) is 5.10 Å². The number of carboxylic acids is 1. The van der Waals surface area contributed by atoms with Crippen LogP contribution in [0.5, 0.6) is 0 Å². The van der Waals surface area contributed by atoms with Gasteiger partial charge in [-0.05, 0) is 98.9 Å². The highest BCUT2D eigenvalue weighted by molar-refractivity contribution is 6.00. The Labute approximate surface area is 232 Å². The number of carboxylic acid groups (broad SMARTS) is 1. The van der Waals surface area contributed by atoms with Crippen LogP contribution in [0, 0.1) is 11.2 Å². The molecule has 2 fully saturated rings. The highest BCUT2D eigenvalue weighted by Crippen LogP contribution is 2.59. The zero-order chi connectivity index (χ0) is 28.1. The summed E-state index contributed by atoms with van der Waals surface area (Å²) in [5, 5.41) is 29.2. The van der Waals surface area contributed by atoms with E-state index in [1.54, 1.807) is 24.3 Å². The zero-order valence-electron chi connectivity index (χ0n) is 22.6. The fraction of sp³-hybridized carbons (Fsp3) is 0.406. The van der Waals surface area contributed by atoms with Gasteiger partial charge in [0.2, 0.25) is 0 Å². The number of amides is 1. The standard InChI is InChI=1S/C32H34FN3O4/c1-2-13-30-19-22-20-34-36(25-9-7-24(33)8-10-25)27(22)18-23(30)12-15-32(30,40)14-11-21-5-3-4-6-26(21)28(37)35-31(16-17-31)29(38)39/h3-10,18,20,40H,2,11-17,19H2,1H3,(H,35,37)(H,38,39)/t30?,32-/m0/s1. The quantitative estimate of drug-likeness (QED) is 0.342. The van der Waals surface area contributed by atoms with Crippen molar-refractivity contribution in [3.8, 4) is 5.69 Å². The van der Waals surface area contributed by atoms with Crippen LogP contribution in [0.3, 0.4) is 0 Å². The molecule has 6 rings (SSSR count). The van der Waals surface area contributed by atoms with Gasteiger partial charge in [0.05, 0.1) is 23.2 Å². The maximum atomic E-state index is 13.5. The molecule has 3 aliphatic carbocycles. The van der Waals surface area contributed by atoms with Crippen molar-refractivity contribution in [2.45, 2.75) is 75.9 Å². The van der Waals surface area contributed by atoms with E-state index >= 15 is 0 Å². The monoisotopic (exact) mass is 543 g/mol. The van der Waals surface area contributed by atoms with Crippen LogP contribution >= 0.6 is 0 Å². The fourth-order valence-corrected chi connectivity index (χ4v) is 6.94.